The van der Waals surface area contributed by atoms with Gasteiger partial charge in [-0.25, -0.2) is 4.79 Å². The van der Waals surface area contributed by atoms with Crippen LogP contribution in [0, 0.1) is 0 Å². The number of rotatable bonds is 5. The summed E-state index contributed by atoms with van der Waals surface area (Å²) in [6, 6.07) is 4.36. The summed E-state index contributed by atoms with van der Waals surface area (Å²) in [4.78, 5) is 10.9. The summed E-state index contributed by atoms with van der Waals surface area (Å²) in [5.74, 6) is -0.985. The van der Waals surface area contributed by atoms with Crippen molar-refractivity contribution in [3.63, 3.8) is 0 Å². The molecule has 0 amide bonds. The van der Waals surface area contributed by atoms with Crippen LogP contribution >= 0.6 is 27.5 Å². The monoisotopic (exact) mass is 307 g/mol. The molecule has 0 radical (unpaired) electrons. The molecule has 0 aliphatic carbocycles. The third kappa shape index (κ3) is 3.66. The van der Waals surface area contributed by atoms with Crippen LogP contribution in [0.25, 0.3) is 0 Å². The lowest BCUT2D eigenvalue weighted by molar-refractivity contribution is -0.139. The molecule has 1 rings (SSSR count). The molecule has 1 unspecified atom stereocenters. The fraction of sp³-hybridized carbons (Fsp3) is 0.300. The van der Waals surface area contributed by atoms with E-state index in [0.29, 0.717) is 10.7 Å². The van der Waals surface area contributed by atoms with Gasteiger partial charge < -0.3 is 15.2 Å². The topological polar surface area (TPSA) is 58.6 Å². The number of halogens is 2. The van der Waals surface area contributed by atoms with Crippen molar-refractivity contribution in [2.75, 3.05) is 19.0 Å². The fourth-order valence-corrected chi connectivity index (χ4v) is 1.86. The Morgan fingerprint density at radius 2 is 2.38 bits per heavy atom. The van der Waals surface area contributed by atoms with Crippen LogP contribution in [0.5, 0.6) is 0 Å². The van der Waals surface area contributed by atoms with Crippen molar-refractivity contribution in [2.45, 2.75) is 6.04 Å². The smallest absolute Gasteiger partial charge is 0.328 e. The number of hydrogen-bond donors (Lipinski definition) is 2. The van der Waals surface area contributed by atoms with Gasteiger partial charge >= 0.3 is 5.97 Å². The summed E-state index contributed by atoms with van der Waals surface area (Å²) < 4.78 is 5.64. The molecule has 0 heterocycles. The van der Waals surface area contributed by atoms with Crippen LogP contribution in [0.1, 0.15) is 0 Å². The summed E-state index contributed by atoms with van der Waals surface area (Å²) in [6.07, 6.45) is 0. The van der Waals surface area contributed by atoms with Gasteiger partial charge in [-0.2, -0.15) is 0 Å². The number of carbonyl (C=O) groups is 1. The van der Waals surface area contributed by atoms with Crippen molar-refractivity contribution in [1.29, 1.82) is 0 Å². The van der Waals surface area contributed by atoms with E-state index in [-0.39, 0.29) is 6.61 Å². The Hall–Kier alpha value is -0.780. The third-order valence-corrected chi connectivity index (χ3v) is 2.70. The highest BCUT2D eigenvalue weighted by Crippen LogP contribution is 2.26. The minimum atomic E-state index is -0.985. The molecule has 4 nitrogen and oxygen atoms in total. The van der Waals surface area contributed by atoms with Gasteiger partial charge in [-0.05, 0) is 18.2 Å². The maximum absolute atomic E-state index is 10.9. The SMILES string of the molecule is COCC(Nc1ccc(Br)cc1Cl)C(=O)O. The molecule has 88 valence electrons. The molecule has 0 saturated heterocycles. The van der Waals surface area contributed by atoms with Gasteiger partial charge in [-0.15, -0.1) is 0 Å². The van der Waals surface area contributed by atoms with E-state index in [9.17, 15) is 4.79 Å². The molecule has 0 aromatic heterocycles. The molecule has 16 heavy (non-hydrogen) atoms. The van der Waals surface area contributed by atoms with E-state index in [1.165, 1.54) is 7.11 Å². The van der Waals surface area contributed by atoms with Crippen molar-refractivity contribution < 1.29 is 14.6 Å². The molecule has 0 aliphatic rings. The average Bonchev–Trinajstić information content (AvgIpc) is 2.20. The van der Waals surface area contributed by atoms with E-state index < -0.39 is 12.0 Å². The van der Waals surface area contributed by atoms with E-state index in [2.05, 4.69) is 21.2 Å². The van der Waals surface area contributed by atoms with Crippen molar-refractivity contribution in [3.05, 3.63) is 27.7 Å². The number of nitrogens with one attached hydrogen (secondary N) is 1. The first-order valence-electron chi connectivity index (χ1n) is 4.48. The highest BCUT2D eigenvalue weighted by Gasteiger charge is 2.17. The second-order valence-electron chi connectivity index (χ2n) is 3.11. The normalized spacial score (nSPS) is 12.2. The number of anilines is 1. The number of carboxylic acids is 1. The quantitative estimate of drug-likeness (QED) is 0.878. The van der Waals surface area contributed by atoms with Crippen molar-refractivity contribution in [3.8, 4) is 0 Å². The Kier molecular flexibility index (Phi) is 5.05. The third-order valence-electron chi connectivity index (χ3n) is 1.89. The minimum absolute atomic E-state index is 0.0712. The van der Waals surface area contributed by atoms with Crippen LogP contribution in [-0.2, 0) is 9.53 Å². The van der Waals surface area contributed by atoms with Crippen molar-refractivity contribution >= 4 is 39.2 Å². The lowest BCUT2D eigenvalue weighted by Gasteiger charge is -2.15. The average molecular weight is 309 g/mol. The molecule has 0 aliphatic heterocycles. The van der Waals surface area contributed by atoms with Gasteiger partial charge in [0, 0.05) is 11.6 Å². The van der Waals surface area contributed by atoms with Gasteiger partial charge in [0.2, 0.25) is 0 Å². The Bertz CT molecular complexity index is 386. The molecule has 0 fully saturated rings. The fourth-order valence-electron chi connectivity index (χ4n) is 1.14. The van der Waals surface area contributed by atoms with Gasteiger partial charge in [0.25, 0.3) is 0 Å². The maximum atomic E-state index is 10.9. The number of carboxylic acid groups (broad SMARTS) is 1. The zero-order valence-corrected chi connectivity index (χ0v) is 10.9. The first-order chi connectivity index (χ1) is 7.54. The number of ether oxygens (including phenoxy) is 1. The number of hydrogen-bond acceptors (Lipinski definition) is 3. The van der Waals surface area contributed by atoms with Crippen LogP contribution < -0.4 is 5.32 Å². The molecule has 6 heteroatoms. The van der Waals surface area contributed by atoms with Crippen LogP contribution in [0.2, 0.25) is 5.02 Å². The summed E-state index contributed by atoms with van der Waals surface area (Å²) in [7, 11) is 1.45. The van der Waals surface area contributed by atoms with Crippen LogP contribution in [-0.4, -0.2) is 30.8 Å². The van der Waals surface area contributed by atoms with Gasteiger partial charge in [0.05, 0.1) is 17.3 Å². The second kappa shape index (κ2) is 6.08. The van der Waals surface area contributed by atoms with Crippen molar-refractivity contribution in [1.82, 2.24) is 0 Å². The highest BCUT2D eigenvalue weighted by atomic mass is 79.9. The predicted octanol–water partition coefficient (Wildman–Crippen LogP) is 2.61. The van der Waals surface area contributed by atoms with Gasteiger partial charge in [-0.1, -0.05) is 27.5 Å². The first-order valence-corrected chi connectivity index (χ1v) is 5.65. The zero-order chi connectivity index (χ0) is 12.1. The predicted molar refractivity (Wildman–Crippen MR) is 66.1 cm³/mol. The van der Waals surface area contributed by atoms with Gasteiger partial charge in [-0.3, -0.25) is 0 Å². The summed E-state index contributed by atoms with van der Waals surface area (Å²) in [5.41, 5.74) is 0.564. The molecule has 0 spiro atoms. The van der Waals surface area contributed by atoms with Gasteiger partial charge in [0.1, 0.15) is 6.04 Å². The van der Waals surface area contributed by atoms with E-state index in [1.54, 1.807) is 18.2 Å². The first kappa shape index (κ1) is 13.3. The molecular formula is C10H11BrClNO3. The Morgan fingerprint density at radius 1 is 1.69 bits per heavy atom. The zero-order valence-electron chi connectivity index (χ0n) is 8.54. The van der Waals surface area contributed by atoms with Crippen LogP contribution in [0.4, 0.5) is 5.69 Å². The molecular weight excluding hydrogens is 297 g/mol. The summed E-state index contributed by atoms with van der Waals surface area (Å²) >= 11 is 9.22. The second-order valence-corrected chi connectivity index (χ2v) is 4.44. The molecule has 2 N–H and O–H groups in total. The Labute approximate surface area is 107 Å². The number of methoxy groups -OCH3 is 1. The molecule has 1 aromatic rings. The molecule has 0 saturated carbocycles. The Balaban J connectivity index is 2.81. The van der Waals surface area contributed by atoms with Crippen LogP contribution in [0.3, 0.4) is 0 Å². The van der Waals surface area contributed by atoms with E-state index >= 15 is 0 Å². The largest absolute Gasteiger partial charge is 0.480 e. The van der Waals surface area contributed by atoms with E-state index in [1.807, 2.05) is 0 Å². The van der Waals surface area contributed by atoms with Crippen LogP contribution in [0.15, 0.2) is 22.7 Å². The molecule has 0 bridgehead atoms. The molecule has 1 aromatic carbocycles. The standard InChI is InChI=1S/C10H11BrClNO3/c1-16-5-9(10(14)15)13-8-3-2-6(11)4-7(8)12/h2-4,9,13H,5H2,1H3,(H,14,15). The molecule has 1 atom stereocenters. The highest BCUT2D eigenvalue weighted by molar-refractivity contribution is 9.10. The van der Waals surface area contributed by atoms with Gasteiger partial charge in [0.15, 0.2) is 0 Å². The lowest BCUT2D eigenvalue weighted by atomic mass is 10.2. The maximum Gasteiger partial charge on any atom is 0.328 e. The Morgan fingerprint density at radius 3 is 2.88 bits per heavy atom. The van der Waals surface area contributed by atoms with E-state index in [0.717, 1.165) is 4.47 Å². The van der Waals surface area contributed by atoms with Crippen molar-refractivity contribution in [2.24, 2.45) is 0 Å². The minimum Gasteiger partial charge on any atom is -0.480 e. The van der Waals surface area contributed by atoms with E-state index in [4.69, 9.17) is 21.4 Å². The summed E-state index contributed by atoms with van der Waals surface area (Å²) in [5, 5.41) is 12.2. The number of benzene rings is 1. The summed E-state index contributed by atoms with van der Waals surface area (Å²) in [6.45, 7) is 0.0712. The number of aliphatic carboxylic acids is 1. The lowest BCUT2D eigenvalue weighted by Crippen LogP contribution is -2.33.